The molecule has 2 aromatic rings. The van der Waals surface area contributed by atoms with E-state index in [2.05, 4.69) is 4.74 Å². The van der Waals surface area contributed by atoms with Gasteiger partial charge in [-0.25, -0.2) is 9.59 Å². The van der Waals surface area contributed by atoms with Crippen molar-refractivity contribution >= 4 is 35.6 Å². The van der Waals surface area contributed by atoms with Crippen LogP contribution in [-0.4, -0.2) is 29.1 Å². The highest BCUT2D eigenvalue weighted by atomic mass is 35.5. The third-order valence-electron chi connectivity index (χ3n) is 4.22. The predicted molar refractivity (Wildman–Crippen MR) is 108 cm³/mol. The number of nitrogens with two attached hydrogens (primary N) is 1. The number of urea groups is 1. The van der Waals surface area contributed by atoms with Crippen LogP contribution in [0.2, 0.25) is 5.02 Å². The van der Waals surface area contributed by atoms with E-state index in [4.69, 9.17) is 17.3 Å². The molecule has 0 aliphatic heterocycles. The van der Waals surface area contributed by atoms with E-state index >= 15 is 0 Å². The number of hydrogen-bond acceptors (Lipinski definition) is 5. The highest BCUT2D eigenvalue weighted by Gasteiger charge is 2.33. The molecule has 0 bridgehead atoms. The second-order valence-corrected chi connectivity index (χ2v) is 6.89. The maximum Gasteiger partial charge on any atom is 0.417 e. The number of nitriles is 1. The van der Waals surface area contributed by atoms with Crippen LogP contribution in [0.15, 0.2) is 29.8 Å². The quantitative estimate of drug-likeness (QED) is 0.395. The van der Waals surface area contributed by atoms with Gasteiger partial charge in [-0.1, -0.05) is 11.6 Å². The van der Waals surface area contributed by atoms with Crippen LogP contribution >= 0.6 is 11.6 Å². The number of nitrogens with zero attached hydrogens (tertiary/aromatic N) is 2. The zero-order valence-corrected chi connectivity index (χ0v) is 17.5. The number of hydrogen-bond donors (Lipinski definition) is 2. The molecule has 0 aliphatic rings. The monoisotopic (exact) mass is 468 g/mol. The number of primary amides is 1. The molecule has 3 N–H and O–H groups in total. The molecule has 0 radical (unpaired) electrons. The molecule has 0 aliphatic carbocycles. The molecule has 2 rings (SSSR count). The number of esters is 1. The Balaban J connectivity index is 2.37. The number of halogens is 4. The molecule has 0 saturated heterocycles. The molecular formula is C20H16ClF3N4O4. The van der Waals surface area contributed by atoms with Gasteiger partial charge in [0.15, 0.2) is 6.61 Å². The van der Waals surface area contributed by atoms with Crippen molar-refractivity contribution in [2.45, 2.75) is 20.0 Å². The minimum absolute atomic E-state index is 0.181. The SMILES string of the molecule is Cc1cc(C=C(C#N)C(=O)OCC(=O)NC(N)=O)c(C)n1-c1ccc(Cl)c(C(F)(F)F)c1. The van der Waals surface area contributed by atoms with Gasteiger partial charge >= 0.3 is 18.2 Å². The summed E-state index contributed by atoms with van der Waals surface area (Å²) in [6.45, 7) is 2.37. The Kier molecular flexibility index (Phi) is 7.32. The number of rotatable bonds is 5. The Morgan fingerprint density at radius 1 is 1.28 bits per heavy atom. The van der Waals surface area contributed by atoms with Crippen molar-refractivity contribution in [1.29, 1.82) is 5.26 Å². The molecule has 0 spiro atoms. The van der Waals surface area contributed by atoms with E-state index in [1.807, 2.05) is 0 Å². The topological polar surface area (TPSA) is 127 Å². The first-order chi connectivity index (χ1) is 14.8. The van der Waals surface area contributed by atoms with E-state index in [1.165, 1.54) is 16.7 Å². The predicted octanol–water partition coefficient (Wildman–Crippen LogP) is 3.41. The maximum atomic E-state index is 13.2. The lowest BCUT2D eigenvalue weighted by molar-refractivity contribution is -0.144. The third kappa shape index (κ3) is 5.67. The van der Waals surface area contributed by atoms with Gasteiger partial charge in [0.25, 0.3) is 5.91 Å². The van der Waals surface area contributed by atoms with Gasteiger partial charge in [0, 0.05) is 17.1 Å². The minimum atomic E-state index is -4.65. The molecule has 12 heteroatoms. The van der Waals surface area contributed by atoms with E-state index in [0.717, 1.165) is 12.1 Å². The van der Waals surface area contributed by atoms with Crippen molar-refractivity contribution in [3.05, 3.63) is 57.4 Å². The number of imide groups is 1. The normalized spacial score (nSPS) is 11.6. The molecular weight excluding hydrogens is 453 g/mol. The van der Waals surface area contributed by atoms with Crippen LogP contribution in [-0.2, 0) is 20.5 Å². The maximum absolute atomic E-state index is 13.2. The van der Waals surface area contributed by atoms with Crippen molar-refractivity contribution in [2.75, 3.05) is 6.61 Å². The number of carbonyl (C=O) groups is 3. The summed E-state index contributed by atoms with van der Waals surface area (Å²) in [6.07, 6.45) is -3.48. The van der Waals surface area contributed by atoms with Crippen molar-refractivity contribution in [1.82, 2.24) is 9.88 Å². The fraction of sp³-hybridized carbons (Fsp3) is 0.200. The van der Waals surface area contributed by atoms with E-state index in [1.54, 1.807) is 31.3 Å². The number of amides is 3. The van der Waals surface area contributed by atoms with E-state index in [9.17, 15) is 32.8 Å². The Morgan fingerprint density at radius 3 is 2.50 bits per heavy atom. The fourth-order valence-corrected chi connectivity index (χ4v) is 3.10. The van der Waals surface area contributed by atoms with E-state index in [0.29, 0.717) is 17.0 Å². The summed E-state index contributed by atoms with van der Waals surface area (Å²) in [5.74, 6) is -2.12. The van der Waals surface area contributed by atoms with Gasteiger partial charge in [-0.2, -0.15) is 18.4 Å². The van der Waals surface area contributed by atoms with Crippen molar-refractivity contribution in [3.8, 4) is 11.8 Å². The number of benzene rings is 1. The second-order valence-electron chi connectivity index (χ2n) is 6.48. The first-order valence-corrected chi connectivity index (χ1v) is 9.17. The largest absolute Gasteiger partial charge is 0.451 e. The van der Waals surface area contributed by atoms with Gasteiger partial charge in [-0.3, -0.25) is 10.1 Å². The number of aromatic nitrogens is 1. The van der Waals surface area contributed by atoms with Gasteiger partial charge in [-0.15, -0.1) is 0 Å². The van der Waals surface area contributed by atoms with Crippen molar-refractivity contribution < 1.29 is 32.3 Å². The molecule has 168 valence electrons. The molecule has 1 aromatic carbocycles. The lowest BCUT2D eigenvalue weighted by Gasteiger charge is -2.14. The lowest BCUT2D eigenvalue weighted by atomic mass is 10.1. The Bertz CT molecular complexity index is 1160. The summed E-state index contributed by atoms with van der Waals surface area (Å²) in [5.41, 5.74) is 4.79. The molecule has 8 nitrogen and oxygen atoms in total. The highest BCUT2D eigenvalue weighted by molar-refractivity contribution is 6.31. The molecule has 3 amide bonds. The fourth-order valence-electron chi connectivity index (χ4n) is 2.88. The first kappa shape index (κ1) is 24.5. The lowest BCUT2D eigenvalue weighted by Crippen LogP contribution is -2.37. The summed E-state index contributed by atoms with van der Waals surface area (Å²) in [6, 6.07) is 5.49. The Labute approximate surface area is 185 Å². The standard InChI is InChI=1S/C20H16ClF3N4O4/c1-10-5-12(6-13(8-25)18(30)32-9-17(29)27-19(26)31)11(2)28(10)14-3-4-16(21)15(7-14)20(22,23)24/h3-7H,9H2,1-2H3,(H3,26,27,29,31). The van der Waals surface area contributed by atoms with Crippen LogP contribution in [0.3, 0.4) is 0 Å². The molecule has 0 fully saturated rings. The number of alkyl halides is 3. The summed E-state index contributed by atoms with van der Waals surface area (Å²) < 4.78 is 45.8. The Hall–Kier alpha value is -3.78. The second kappa shape index (κ2) is 9.57. The number of aryl methyl sites for hydroxylation is 1. The van der Waals surface area contributed by atoms with Crippen LogP contribution < -0.4 is 11.1 Å². The van der Waals surface area contributed by atoms with Crippen LogP contribution in [0.1, 0.15) is 22.5 Å². The number of ether oxygens (including phenoxy) is 1. The van der Waals surface area contributed by atoms with Crippen LogP contribution in [0.25, 0.3) is 11.8 Å². The highest BCUT2D eigenvalue weighted by Crippen LogP contribution is 2.36. The molecule has 1 heterocycles. The summed E-state index contributed by atoms with van der Waals surface area (Å²) in [7, 11) is 0. The smallest absolute Gasteiger partial charge is 0.417 e. The molecule has 0 saturated carbocycles. The molecule has 1 aromatic heterocycles. The van der Waals surface area contributed by atoms with Gasteiger partial charge in [0.1, 0.15) is 11.6 Å². The van der Waals surface area contributed by atoms with Gasteiger partial charge < -0.3 is 15.0 Å². The zero-order valence-electron chi connectivity index (χ0n) is 16.7. The van der Waals surface area contributed by atoms with E-state index < -0.39 is 46.8 Å². The van der Waals surface area contributed by atoms with E-state index in [-0.39, 0.29) is 5.69 Å². The average Bonchev–Trinajstić information content (AvgIpc) is 2.96. The van der Waals surface area contributed by atoms with Crippen molar-refractivity contribution in [3.63, 3.8) is 0 Å². The van der Waals surface area contributed by atoms with Gasteiger partial charge in [-0.05, 0) is 49.8 Å². The first-order valence-electron chi connectivity index (χ1n) is 8.79. The molecule has 32 heavy (non-hydrogen) atoms. The summed E-state index contributed by atoms with van der Waals surface area (Å²) >= 11 is 5.68. The summed E-state index contributed by atoms with van der Waals surface area (Å²) in [4.78, 5) is 34.0. The van der Waals surface area contributed by atoms with Crippen LogP contribution in [0.4, 0.5) is 18.0 Å². The van der Waals surface area contributed by atoms with Crippen LogP contribution in [0.5, 0.6) is 0 Å². The van der Waals surface area contributed by atoms with Gasteiger partial charge in [0.05, 0.1) is 10.6 Å². The number of nitrogens with one attached hydrogen (secondary N) is 1. The third-order valence-corrected chi connectivity index (χ3v) is 4.55. The summed E-state index contributed by atoms with van der Waals surface area (Å²) in [5, 5.41) is 10.5. The molecule has 0 atom stereocenters. The van der Waals surface area contributed by atoms with Crippen molar-refractivity contribution in [2.24, 2.45) is 5.73 Å². The average molecular weight is 469 g/mol. The van der Waals surface area contributed by atoms with Gasteiger partial charge in [0.2, 0.25) is 0 Å². The molecule has 0 unspecified atom stereocenters. The minimum Gasteiger partial charge on any atom is -0.451 e. The number of carbonyl (C=O) groups excluding carboxylic acids is 3. The van der Waals surface area contributed by atoms with Crippen LogP contribution in [0, 0.1) is 25.2 Å². The zero-order chi connectivity index (χ0) is 24.2. The Morgan fingerprint density at radius 2 is 1.94 bits per heavy atom.